The summed E-state index contributed by atoms with van der Waals surface area (Å²) in [5.74, 6) is -0.0215. The molecule has 108 valence electrons. The molecule has 1 atom stereocenters. The normalized spacial score (nSPS) is 20.7. The van der Waals surface area contributed by atoms with E-state index in [-0.39, 0.29) is 12.0 Å². The van der Waals surface area contributed by atoms with E-state index in [0.717, 1.165) is 31.4 Å². The highest BCUT2D eigenvalue weighted by Gasteiger charge is 2.13. The zero-order valence-corrected chi connectivity index (χ0v) is 12.3. The molecule has 1 rings (SSSR count). The number of unbranched alkanes of at least 4 members (excludes halogenated alkanes) is 2. The van der Waals surface area contributed by atoms with E-state index < -0.39 is 0 Å². The molecule has 0 aromatic heterocycles. The van der Waals surface area contributed by atoms with E-state index in [1.54, 1.807) is 6.08 Å². The minimum atomic E-state index is -0.0215. The second-order valence-corrected chi connectivity index (χ2v) is 5.17. The van der Waals surface area contributed by atoms with Crippen LogP contribution >= 0.6 is 0 Å². The average molecular weight is 265 g/mol. The van der Waals surface area contributed by atoms with Gasteiger partial charge in [0.05, 0.1) is 6.10 Å². The summed E-state index contributed by atoms with van der Waals surface area (Å²) in [5.41, 5.74) is 0.998. The second kappa shape index (κ2) is 9.79. The lowest BCUT2D eigenvalue weighted by Crippen LogP contribution is -2.34. The van der Waals surface area contributed by atoms with Crippen LogP contribution in [0.2, 0.25) is 0 Å². The summed E-state index contributed by atoms with van der Waals surface area (Å²) in [4.78, 5) is 11.7. The molecule has 19 heavy (non-hydrogen) atoms. The highest BCUT2D eigenvalue weighted by molar-refractivity contribution is 5.88. The molecule has 0 bridgehead atoms. The van der Waals surface area contributed by atoms with Crippen LogP contribution in [0.5, 0.6) is 0 Å². The minimum Gasteiger partial charge on any atom is -0.376 e. The van der Waals surface area contributed by atoms with Crippen molar-refractivity contribution >= 4 is 5.91 Å². The molecule has 0 aliphatic carbocycles. The zero-order valence-electron chi connectivity index (χ0n) is 12.3. The third-order valence-corrected chi connectivity index (χ3v) is 3.24. The summed E-state index contributed by atoms with van der Waals surface area (Å²) < 4.78 is 5.58. The number of nitrogens with one attached hydrogen (secondary N) is 1. The van der Waals surface area contributed by atoms with Gasteiger partial charge >= 0.3 is 0 Å². The van der Waals surface area contributed by atoms with Crippen LogP contribution in [0.15, 0.2) is 23.8 Å². The monoisotopic (exact) mass is 265 g/mol. The van der Waals surface area contributed by atoms with E-state index in [0.29, 0.717) is 6.54 Å². The number of hydrogen-bond acceptors (Lipinski definition) is 2. The summed E-state index contributed by atoms with van der Waals surface area (Å²) in [6.45, 7) is 5.59. The molecule has 0 radical (unpaired) electrons. The standard InChI is InChI=1S/C16H27NO2/c1-3-4-5-6-9-14(2)12-16(18)17-13-15-10-7-8-11-19-15/h6,9,12,15H,3-5,7-8,10-11,13H2,1-2H3,(H,17,18)/b9-6+,14-12+. The Morgan fingerprint density at radius 3 is 2.95 bits per heavy atom. The number of allylic oxidation sites excluding steroid dienone is 3. The fourth-order valence-corrected chi connectivity index (χ4v) is 2.08. The second-order valence-electron chi connectivity index (χ2n) is 5.17. The lowest BCUT2D eigenvalue weighted by atomic mass is 10.1. The molecule has 0 saturated carbocycles. The first-order chi connectivity index (χ1) is 9.22. The van der Waals surface area contributed by atoms with Crippen molar-refractivity contribution in [3.8, 4) is 0 Å². The van der Waals surface area contributed by atoms with E-state index in [4.69, 9.17) is 4.74 Å². The molecule has 1 N–H and O–H groups in total. The Labute approximate surface area is 117 Å². The number of carbonyl (C=O) groups excluding carboxylic acids is 1. The Bertz CT molecular complexity index is 315. The molecule has 3 heteroatoms. The van der Waals surface area contributed by atoms with Gasteiger partial charge in [-0.05, 0) is 38.2 Å². The molecule has 1 amide bonds. The van der Waals surface area contributed by atoms with Gasteiger partial charge in [0.15, 0.2) is 0 Å². The van der Waals surface area contributed by atoms with Crippen molar-refractivity contribution in [1.82, 2.24) is 5.32 Å². The van der Waals surface area contributed by atoms with Crippen molar-refractivity contribution in [1.29, 1.82) is 0 Å². The molecule has 1 aliphatic heterocycles. The van der Waals surface area contributed by atoms with Crippen LogP contribution in [0, 0.1) is 0 Å². The van der Waals surface area contributed by atoms with Crippen LogP contribution < -0.4 is 5.32 Å². The molecule has 1 saturated heterocycles. The van der Waals surface area contributed by atoms with Crippen molar-refractivity contribution in [3.05, 3.63) is 23.8 Å². The molecule has 1 heterocycles. The SMILES string of the molecule is CCCC/C=C/C(C)=C/C(=O)NCC1CCCCO1. The van der Waals surface area contributed by atoms with Crippen molar-refractivity contribution < 1.29 is 9.53 Å². The summed E-state index contributed by atoms with van der Waals surface area (Å²) in [7, 11) is 0. The number of carbonyl (C=O) groups is 1. The first-order valence-electron chi connectivity index (χ1n) is 7.46. The maximum Gasteiger partial charge on any atom is 0.244 e. The van der Waals surface area contributed by atoms with Gasteiger partial charge in [-0.25, -0.2) is 0 Å². The number of ether oxygens (including phenoxy) is 1. The quantitative estimate of drug-likeness (QED) is 0.435. The number of amides is 1. The van der Waals surface area contributed by atoms with Crippen LogP contribution in [0.4, 0.5) is 0 Å². The van der Waals surface area contributed by atoms with Crippen LogP contribution in [0.1, 0.15) is 52.4 Å². The van der Waals surface area contributed by atoms with E-state index >= 15 is 0 Å². The van der Waals surface area contributed by atoms with Crippen LogP contribution in [0.3, 0.4) is 0 Å². The molecule has 0 aromatic rings. The highest BCUT2D eigenvalue weighted by atomic mass is 16.5. The lowest BCUT2D eigenvalue weighted by Gasteiger charge is -2.22. The molecule has 1 unspecified atom stereocenters. The molecule has 1 aliphatic rings. The summed E-state index contributed by atoms with van der Waals surface area (Å²) in [6.07, 6.45) is 12.9. The summed E-state index contributed by atoms with van der Waals surface area (Å²) in [5, 5.41) is 2.91. The van der Waals surface area contributed by atoms with E-state index in [9.17, 15) is 4.79 Å². The average Bonchev–Trinajstić information content (AvgIpc) is 2.42. The van der Waals surface area contributed by atoms with Gasteiger partial charge in [-0.15, -0.1) is 0 Å². The van der Waals surface area contributed by atoms with E-state index in [1.165, 1.54) is 19.3 Å². The molecule has 0 spiro atoms. The van der Waals surface area contributed by atoms with Crippen molar-refractivity contribution in [3.63, 3.8) is 0 Å². The Morgan fingerprint density at radius 2 is 2.26 bits per heavy atom. The highest BCUT2D eigenvalue weighted by Crippen LogP contribution is 2.11. The Kier molecular flexibility index (Phi) is 8.23. The number of rotatable bonds is 7. The molecule has 3 nitrogen and oxygen atoms in total. The third kappa shape index (κ3) is 7.83. The fraction of sp³-hybridized carbons (Fsp3) is 0.688. The van der Waals surface area contributed by atoms with E-state index in [2.05, 4.69) is 18.3 Å². The first-order valence-corrected chi connectivity index (χ1v) is 7.46. The molecular weight excluding hydrogens is 238 g/mol. The van der Waals surface area contributed by atoms with Gasteiger partial charge in [0.2, 0.25) is 5.91 Å². The van der Waals surface area contributed by atoms with Gasteiger partial charge in [0, 0.05) is 19.2 Å². The van der Waals surface area contributed by atoms with Crippen molar-refractivity contribution in [2.45, 2.75) is 58.5 Å². The summed E-state index contributed by atoms with van der Waals surface area (Å²) >= 11 is 0. The molecule has 1 fully saturated rings. The Morgan fingerprint density at radius 1 is 1.42 bits per heavy atom. The predicted octanol–water partition coefficient (Wildman–Crippen LogP) is 3.36. The number of hydrogen-bond donors (Lipinski definition) is 1. The van der Waals surface area contributed by atoms with Gasteiger partial charge in [0.1, 0.15) is 0 Å². The minimum absolute atomic E-state index is 0.0215. The maximum absolute atomic E-state index is 11.7. The molecular formula is C16H27NO2. The fourth-order valence-electron chi connectivity index (χ4n) is 2.08. The van der Waals surface area contributed by atoms with Crippen LogP contribution in [-0.4, -0.2) is 25.2 Å². The van der Waals surface area contributed by atoms with Crippen LogP contribution in [-0.2, 0) is 9.53 Å². The smallest absolute Gasteiger partial charge is 0.244 e. The maximum atomic E-state index is 11.7. The largest absolute Gasteiger partial charge is 0.376 e. The summed E-state index contributed by atoms with van der Waals surface area (Å²) in [6, 6.07) is 0. The first kappa shape index (κ1) is 16.0. The van der Waals surface area contributed by atoms with Gasteiger partial charge in [-0.2, -0.15) is 0 Å². The van der Waals surface area contributed by atoms with Crippen molar-refractivity contribution in [2.75, 3.05) is 13.2 Å². The van der Waals surface area contributed by atoms with E-state index in [1.807, 2.05) is 13.0 Å². The molecule has 0 aromatic carbocycles. The Balaban J connectivity index is 2.22. The van der Waals surface area contributed by atoms with Crippen LogP contribution in [0.25, 0.3) is 0 Å². The topological polar surface area (TPSA) is 38.3 Å². The zero-order chi connectivity index (χ0) is 13.9. The van der Waals surface area contributed by atoms with Gasteiger partial charge in [-0.1, -0.05) is 31.9 Å². The van der Waals surface area contributed by atoms with Gasteiger partial charge in [0.25, 0.3) is 0 Å². The van der Waals surface area contributed by atoms with Gasteiger partial charge < -0.3 is 10.1 Å². The Hall–Kier alpha value is -1.09. The third-order valence-electron chi connectivity index (χ3n) is 3.24. The lowest BCUT2D eigenvalue weighted by molar-refractivity contribution is -0.117. The van der Waals surface area contributed by atoms with Crippen molar-refractivity contribution in [2.24, 2.45) is 0 Å². The predicted molar refractivity (Wildman–Crippen MR) is 79.0 cm³/mol. The van der Waals surface area contributed by atoms with Gasteiger partial charge in [-0.3, -0.25) is 4.79 Å².